The lowest BCUT2D eigenvalue weighted by molar-refractivity contribution is 0.104. The quantitative estimate of drug-likeness (QED) is 0.199. The van der Waals surface area contributed by atoms with Crippen molar-refractivity contribution in [2.75, 3.05) is 14.1 Å². The number of hydrogen-bond donors (Lipinski definition) is 0. The second-order valence-corrected chi connectivity index (χ2v) is 8.61. The molecule has 0 unspecified atom stereocenters. The van der Waals surface area contributed by atoms with Crippen molar-refractivity contribution in [3.05, 3.63) is 0 Å². The molecule has 0 aromatic rings. The average molecular weight is 390 g/mol. The fourth-order valence-electron chi connectivity index (χ4n) is 4.22. The maximum Gasteiger partial charge on any atom is 0.0203 e. The molecule has 0 spiro atoms. The van der Waals surface area contributed by atoms with Gasteiger partial charge in [-0.05, 0) is 33.4 Å². The van der Waals surface area contributed by atoms with Crippen molar-refractivity contribution in [1.82, 2.24) is 4.90 Å². The van der Waals surface area contributed by atoms with Gasteiger partial charge in [-0.25, -0.2) is 0 Å². The molecule has 26 heavy (non-hydrogen) atoms. The monoisotopic (exact) mass is 389 g/mol. The Morgan fingerprint density at radius 2 is 0.731 bits per heavy atom. The predicted molar refractivity (Wildman–Crippen MR) is 124 cm³/mol. The molecule has 2 heteroatoms. The van der Waals surface area contributed by atoms with Crippen LogP contribution in [0.3, 0.4) is 0 Å². The summed E-state index contributed by atoms with van der Waals surface area (Å²) in [6, 6.07) is 0. The van der Waals surface area contributed by atoms with Crippen molar-refractivity contribution >= 4 is 12.4 Å². The Hall–Kier alpha value is 0.250. The molecule has 0 heterocycles. The van der Waals surface area contributed by atoms with E-state index in [2.05, 4.69) is 39.8 Å². The maximum absolute atomic E-state index is 2.60. The van der Waals surface area contributed by atoms with Crippen LogP contribution in [-0.2, 0) is 0 Å². The van der Waals surface area contributed by atoms with E-state index in [9.17, 15) is 0 Å². The lowest BCUT2D eigenvalue weighted by Gasteiger charge is -2.41. The van der Waals surface area contributed by atoms with Gasteiger partial charge in [0.15, 0.2) is 0 Å². The van der Waals surface area contributed by atoms with Crippen molar-refractivity contribution in [2.45, 2.75) is 142 Å². The number of unbranched alkanes of at least 4 members (excludes halogenated alkanes) is 12. The molecule has 160 valence electrons. The largest absolute Gasteiger partial charge is 0.304 e. The number of hydrogen-bond acceptors (Lipinski definition) is 1. The van der Waals surface area contributed by atoms with E-state index in [4.69, 9.17) is 0 Å². The summed E-state index contributed by atoms with van der Waals surface area (Å²) < 4.78 is 0. The highest BCUT2D eigenvalue weighted by Crippen LogP contribution is 2.33. The van der Waals surface area contributed by atoms with Gasteiger partial charge in [-0.2, -0.15) is 0 Å². The van der Waals surface area contributed by atoms with Crippen molar-refractivity contribution in [3.63, 3.8) is 0 Å². The first-order valence-electron chi connectivity index (χ1n) is 11.8. The van der Waals surface area contributed by atoms with E-state index >= 15 is 0 Å². The highest BCUT2D eigenvalue weighted by Gasteiger charge is 2.30. The molecule has 0 saturated heterocycles. The molecule has 0 fully saturated rings. The number of rotatable bonds is 19. The van der Waals surface area contributed by atoms with Crippen molar-refractivity contribution < 1.29 is 0 Å². The zero-order chi connectivity index (χ0) is 18.8. The summed E-state index contributed by atoms with van der Waals surface area (Å²) in [4.78, 5) is 2.60. The Morgan fingerprint density at radius 3 is 1.04 bits per heavy atom. The van der Waals surface area contributed by atoms with Crippen LogP contribution in [0, 0.1) is 0 Å². The van der Waals surface area contributed by atoms with Crippen LogP contribution in [-0.4, -0.2) is 24.5 Å². The van der Waals surface area contributed by atoms with Gasteiger partial charge in [0.25, 0.3) is 0 Å². The summed E-state index contributed by atoms with van der Waals surface area (Å²) in [5.41, 5.74) is 0.477. The minimum absolute atomic E-state index is 0. The maximum atomic E-state index is 2.60. The van der Waals surface area contributed by atoms with Gasteiger partial charge < -0.3 is 4.90 Å². The van der Waals surface area contributed by atoms with Crippen LogP contribution in [0.4, 0.5) is 0 Å². The number of halogens is 1. The first-order chi connectivity index (χ1) is 12.1. The van der Waals surface area contributed by atoms with E-state index in [-0.39, 0.29) is 12.4 Å². The third kappa shape index (κ3) is 14.3. The summed E-state index contributed by atoms with van der Waals surface area (Å²) in [6.07, 6.45) is 25.5. The van der Waals surface area contributed by atoms with E-state index in [1.165, 1.54) is 116 Å². The summed E-state index contributed by atoms with van der Waals surface area (Å²) in [5.74, 6) is 0. The highest BCUT2D eigenvalue weighted by atomic mass is 35.5. The molecule has 1 nitrogen and oxygen atoms in total. The second kappa shape index (κ2) is 20.0. The zero-order valence-electron chi connectivity index (χ0n) is 19.1. The fourth-order valence-corrected chi connectivity index (χ4v) is 4.22. The van der Waals surface area contributed by atoms with E-state index in [1.807, 2.05) is 0 Å². The molecular weight excluding hydrogens is 338 g/mol. The Balaban J connectivity index is 0. The van der Waals surface area contributed by atoms with Gasteiger partial charge in [0.05, 0.1) is 0 Å². The molecule has 0 N–H and O–H groups in total. The lowest BCUT2D eigenvalue weighted by Crippen LogP contribution is -2.44. The Bertz CT molecular complexity index is 253. The molecule has 0 aliphatic rings. The van der Waals surface area contributed by atoms with Gasteiger partial charge in [-0.15, -0.1) is 12.4 Å². The summed E-state index contributed by atoms with van der Waals surface area (Å²) >= 11 is 0. The SMILES string of the molecule is CCCCCCCCCC(CCCCCC)(CCCCCC)N(C)C.Cl. The van der Waals surface area contributed by atoms with Crippen LogP contribution >= 0.6 is 12.4 Å². The van der Waals surface area contributed by atoms with Crippen LogP contribution in [0.1, 0.15) is 136 Å². The normalized spacial score (nSPS) is 11.8. The lowest BCUT2D eigenvalue weighted by atomic mass is 9.80. The molecule has 0 aliphatic carbocycles. The predicted octanol–water partition coefficient (Wildman–Crippen LogP) is 8.79. The first-order valence-corrected chi connectivity index (χ1v) is 11.8. The van der Waals surface area contributed by atoms with Gasteiger partial charge in [-0.1, -0.05) is 117 Å². The molecular formula is C24H52ClN. The van der Waals surface area contributed by atoms with Crippen LogP contribution < -0.4 is 0 Å². The van der Waals surface area contributed by atoms with Crippen LogP contribution in [0.2, 0.25) is 0 Å². The Labute approximate surface area is 173 Å². The molecule has 0 saturated carbocycles. The van der Waals surface area contributed by atoms with E-state index in [0.717, 1.165) is 0 Å². The average Bonchev–Trinajstić information content (AvgIpc) is 2.60. The Kier molecular flexibility index (Phi) is 21.9. The van der Waals surface area contributed by atoms with Crippen molar-refractivity contribution in [1.29, 1.82) is 0 Å². The summed E-state index contributed by atoms with van der Waals surface area (Å²) in [7, 11) is 4.70. The molecule has 0 radical (unpaired) electrons. The van der Waals surface area contributed by atoms with Gasteiger partial charge in [0, 0.05) is 5.54 Å². The van der Waals surface area contributed by atoms with Crippen molar-refractivity contribution in [2.24, 2.45) is 0 Å². The van der Waals surface area contributed by atoms with Crippen LogP contribution in [0.25, 0.3) is 0 Å². The minimum atomic E-state index is 0. The molecule has 0 bridgehead atoms. The van der Waals surface area contributed by atoms with Crippen LogP contribution in [0.15, 0.2) is 0 Å². The van der Waals surface area contributed by atoms with Crippen LogP contribution in [0.5, 0.6) is 0 Å². The smallest absolute Gasteiger partial charge is 0.0203 e. The molecule has 0 aliphatic heterocycles. The van der Waals surface area contributed by atoms with Gasteiger partial charge in [0.1, 0.15) is 0 Å². The van der Waals surface area contributed by atoms with E-state index < -0.39 is 0 Å². The second-order valence-electron chi connectivity index (χ2n) is 8.61. The Morgan fingerprint density at radius 1 is 0.462 bits per heavy atom. The highest BCUT2D eigenvalue weighted by molar-refractivity contribution is 5.85. The topological polar surface area (TPSA) is 3.24 Å². The van der Waals surface area contributed by atoms with Gasteiger partial charge in [0.2, 0.25) is 0 Å². The third-order valence-corrected chi connectivity index (χ3v) is 6.19. The van der Waals surface area contributed by atoms with Gasteiger partial charge >= 0.3 is 0 Å². The minimum Gasteiger partial charge on any atom is -0.304 e. The molecule has 0 aromatic carbocycles. The van der Waals surface area contributed by atoms with E-state index in [0.29, 0.717) is 5.54 Å². The van der Waals surface area contributed by atoms with E-state index in [1.54, 1.807) is 0 Å². The van der Waals surface area contributed by atoms with Gasteiger partial charge in [-0.3, -0.25) is 0 Å². The number of nitrogens with zero attached hydrogens (tertiary/aromatic N) is 1. The standard InChI is InChI=1S/C24H51N.ClH/c1-6-9-12-15-16-17-20-23-24(25(4)5,21-18-13-10-7-2)22-19-14-11-8-3;/h6-23H2,1-5H3;1H. The zero-order valence-corrected chi connectivity index (χ0v) is 19.9. The van der Waals surface area contributed by atoms with Crippen molar-refractivity contribution in [3.8, 4) is 0 Å². The summed E-state index contributed by atoms with van der Waals surface area (Å²) in [5, 5.41) is 0. The summed E-state index contributed by atoms with van der Waals surface area (Å²) in [6.45, 7) is 6.95. The molecule has 0 atom stereocenters. The molecule has 0 aromatic heterocycles. The molecule has 0 amide bonds. The fraction of sp³-hybridized carbons (Fsp3) is 1.00. The molecule has 0 rings (SSSR count). The first kappa shape index (κ1) is 28.5. The third-order valence-electron chi connectivity index (χ3n) is 6.19.